The van der Waals surface area contributed by atoms with Crippen LogP contribution in [0.3, 0.4) is 0 Å². The second kappa shape index (κ2) is 15.2. The van der Waals surface area contributed by atoms with Crippen LogP contribution in [0, 0.1) is 0 Å². The molecule has 0 aromatic heterocycles. The van der Waals surface area contributed by atoms with Crippen molar-refractivity contribution in [2.24, 2.45) is 0 Å². The van der Waals surface area contributed by atoms with Gasteiger partial charge in [0.25, 0.3) is 0 Å². The van der Waals surface area contributed by atoms with E-state index in [-0.39, 0.29) is 12.5 Å². The highest BCUT2D eigenvalue weighted by atomic mass is 16.5. The number of nitrogens with one attached hydrogen (secondary N) is 1. The van der Waals surface area contributed by atoms with Gasteiger partial charge in [-0.2, -0.15) is 0 Å². The first kappa shape index (κ1) is 20.7. The molecule has 1 amide bonds. The molecule has 0 saturated heterocycles. The summed E-state index contributed by atoms with van der Waals surface area (Å²) in [5.74, 6) is -0.0122. The average Bonchev–Trinajstić information content (AvgIpc) is 2.60. The molecule has 24 heavy (non-hydrogen) atoms. The second-order valence-corrected chi connectivity index (χ2v) is 6.51. The van der Waals surface area contributed by atoms with Gasteiger partial charge < -0.3 is 10.1 Å². The first-order valence-electron chi connectivity index (χ1n) is 9.71. The standard InChI is InChI=1S/C21H35NO2/c1-2-3-4-5-6-7-8-9-10-14-17-22-21(23)19-24-18-20-15-12-11-13-16-20/h11-13,15-16H,2-10,14,17-19H2,1H3,(H,22,23). The van der Waals surface area contributed by atoms with Gasteiger partial charge in [0.1, 0.15) is 6.61 Å². The number of unbranched alkanes of at least 4 members (excludes halogenated alkanes) is 9. The van der Waals surface area contributed by atoms with E-state index in [2.05, 4.69) is 12.2 Å². The molecule has 0 saturated carbocycles. The highest BCUT2D eigenvalue weighted by molar-refractivity contribution is 5.77. The van der Waals surface area contributed by atoms with Crippen LogP contribution in [0.1, 0.15) is 76.7 Å². The Morgan fingerprint density at radius 1 is 0.875 bits per heavy atom. The number of ether oxygens (including phenoxy) is 1. The van der Waals surface area contributed by atoms with Crippen molar-refractivity contribution in [1.29, 1.82) is 0 Å². The van der Waals surface area contributed by atoms with E-state index in [1.165, 1.54) is 57.8 Å². The van der Waals surface area contributed by atoms with E-state index in [4.69, 9.17) is 4.74 Å². The van der Waals surface area contributed by atoms with Gasteiger partial charge in [-0.15, -0.1) is 0 Å². The Hall–Kier alpha value is -1.35. The van der Waals surface area contributed by atoms with Crippen molar-refractivity contribution in [2.45, 2.75) is 77.7 Å². The Balaban J connectivity index is 1.82. The molecule has 136 valence electrons. The molecule has 0 aliphatic carbocycles. The van der Waals surface area contributed by atoms with Crippen molar-refractivity contribution in [3.63, 3.8) is 0 Å². The molecule has 0 aliphatic heterocycles. The van der Waals surface area contributed by atoms with E-state index in [1.807, 2.05) is 30.3 Å². The molecule has 0 aliphatic rings. The molecular formula is C21H35NO2. The van der Waals surface area contributed by atoms with E-state index in [9.17, 15) is 4.79 Å². The molecule has 1 N–H and O–H groups in total. The van der Waals surface area contributed by atoms with Gasteiger partial charge in [-0.1, -0.05) is 95.0 Å². The summed E-state index contributed by atoms with van der Waals surface area (Å²) < 4.78 is 5.42. The smallest absolute Gasteiger partial charge is 0.246 e. The summed E-state index contributed by atoms with van der Waals surface area (Å²) in [6.45, 7) is 3.66. The third kappa shape index (κ3) is 12.1. The van der Waals surface area contributed by atoms with Gasteiger partial charge >= 0.3 is 0 Å². The zero-order valence-corrected chi connectivity index (χ0v) is 15.4. The van der Waals surface area contributed by atoms with E-state index < -0.39 is 0 Å². The maximum atomic E-state index is 11.7. The highest BCUT2D eigenvalue weighted by Crippen LogP contribution is 2.10. The van der Waals surface area contributed by atoms with Crippen molar-refractivity contribution < 1.29 is 9.53 Å². The number of amides is 1. The van der Waals surface area contributed by atoms with E-state index in [0.29, 0.717) is 6.61 Å². The third-order valence-electron chi connectivity index (χ3n) is 4.20. The van der Waals surface area contributed by atoms with Gasteiger partial charge in [0.2, 0.25) is 5.91 Å². The van der Waals surface area contributed by atoms with Crippen LogP contribution in [0.2, 0.25) is 0 Å². The maximum absolute atomic E-state index is 11.7. The molecule has 1 aromatic carbocycles. The first-order chi connectivity index (χ1) is 11.8. The molecular weight excluding hydrogens is 298 g/mol. The van der Waals surface area contributed by atoms with Crippen LogP contribution in [-0.4, -0.2) is 19.1 Å². The zero-order valence-electron chi connectivity index (χ0n) is 15.4. The van der Waals surface area contributed by atoms with Crippen LogP contribution in [0.25, 0.3) is 0 Å². The highest BCUT2D eigenvalue weighted by Gasteiger charge is 2.01. The lowest BCUT2D eigenvalue weighted by molar-refractivity contribution is -0.126. The quantitative estimate of drug-likeness (QED) is 0.446. The lowest BCUT2D eigenvalue weighted by Gasteiger charge is -2.06. The first-order valence-corrected chi connectivity index (χ1v) is 9.71. The van der Waals surface area contributed by atoms with E-state index in [1.54, 1.807) is 0 Å². The molecule has 0 unspecified atom stereocenters. The summed E-state index contributed by atoms with van der Waals surface area (Å²) in [5.41, 5.74) is 1.10. The predicted octanol–water partition coefficient (Wildman–Crippen LogP) is 5.24. The number of rotatable bonds is 15. The summed E-state index contributed by atoms with van der Waals surface area (Å²) in [7, 11) is 0. The average molecular weight is 334 g/mol. The van der Waals surface area contributed by atoms with Crippen LogP contribution in [-0.2, 0) is 16.1 Å². The molecule has 0 atom stereocenters. The zero-order chi connectivity index (χ0) is 17.3. The fraction of sp³-hybridized carbons (Fsp3) is 0.667. The second-order valence-electron chi connectivity index (χ2n) is 6.51. The molecule has 0 fully saturated rings. The molecule has 3 heteroatoms. The van der Waals surface area contributed by atoms with Crippen LogP contribution in [0.5, 0.6) is 0 Å². The number of carbonyl (C=O) groups is 1. The number of carbonyl (C=O) groups excluding carboxylic acids is 1. The minimum absolute atomic E-state index is 0.0122. The normalized spacial score (nSPS) is 10.7. The Kier molecular flexibility index (Phi) is 13.1. The molecule has 1 rings (SSSR count). The minimum Gasteiger partial charge on any atom is -0.367 e. The summed E-state index contributed by atoms with van der Waals surface area (Å²) in [5, 5.41) is 2.93. The van der Waals surface area contributed by atoms with Crippen molar-refractivity contribution in [2.75, 3.05) is 13.2 Å². The van der Waals surface area contributed by atoms with Gasteiger partial charge in [0.15, 0.2) is 0 Å². The van der Waals surface area contributed by atoms with Crippen LogP contribution in [0.4, 0.5) is 0 Å². The molecule has 0 spiro atoms. The van der Waals surface area contributed by atoms with Gasteiger partial charge in [0, 0.05) is 6.54 Å². The fourth-order valence-electron chi connectivity index (χ4n) is 2.73. The van der Waals surface area contributed by atoms with Crippen molar-refractivity contribution >= 4 is 5.91 Å². The van der Waals surface area contributed by atoms with E-state index in [0.717, 1.165) is 18.5 Å². The largest absolute Gasteiger partial charge is 0.367 e. The van der Waals surface area contributed by atoms with Crippen LogP contribution in [0.15, 0.2) is 30.3 Å². The summed E-state index contributed by atoms with van der Waals surface area (Å²) in [4.78, 5) is 11.7. The van der Waals surface area contributed by atoms with Gasteiger partial charge in [-0.05, 0) is 12.0 Å². The van der Waals surface area contributed by atoms with Crippen molar-refractivity contribution in [1.82, 2.24) is 5.32 Å². The van der Waals surface area contributed by atoms with Crippen molar-refractivity contribution in [3.05, 3.63) is 35.9 Å². The summed E-state index contributed by atoms with van der Waals surface area (Å²) >= 11 is 0. The predicted molar refractivity (Wildman–Crippen MR) is 101 cm³/mol. The summed E-state index contributed by atoms with van der Waals surface area (Å²) in [6, 6.07) is 9.93. The Labute approximate surface area is 148 Å². The van der Waals surface area contributed by atoms with Crippen molar-refractivity contribution in [3.8, 4) is 0 Å². The topological polar surface area (TPSA) is 38.3 Å². The van der Waals surface area contributed by atoms with Crippen LogP contribution >= 0.6 is 0 Å². The summed E-state index contributed by atoms with van der Waals surface area (Å²) in [6.07, 6.45) is 13.1. The Morgan fingerprint density at radius 2 is 1.46 bits per heavy atom. The third-order valence-corrected chi connectivity index (χ3v) is 4.20. The SMILES string of the molecule is CCCCCCCCCCCCNC(=O)COCc1ccccc1. The Bertz CT molecular complexity index is 406. The lowest BCUT2D eigenvalue weighted by Crippen LogP contribution is -2.28. The molecule has 0 heterocycles. The molecule has 1 aromatic rings. The number of benzene rings is 1. The lowest BCUT2D eigenvalue weighted by atomic mass is 10.1. The van der Waals surface area contributed by atoms with E-state index >= 15 is 0 Å². The monoisotopic (exact) mass is 333 g/mol. The molecule has 3 nitrogen and oxygen atoms in total. The molecule has 0 radical (unpaired) electrons. The molecule has 0 bridgehead atoms. The number of hydrogen-bond acceptors (Lipinski definition) is 2. The van der Waals surface area contributed by atoms with Gasteiger partial charge in [0.05, 0.1) is 6.61 Å². The van der Waals surface area contributed by atoms with Gasteiger partial charge in [-0.3, -0.25) is 4.79 Å². The van der Waals surface area contributed by atoms with Gasteiger partial charge in [-0.25, -0.2) is 0 Å². The Morgan fingerprint density at radius 3 is 2.08 bits per heavy atom. The maximum Gasteiger partial charge on any atom is 0.246 e. The fourth-order valence-corrected chi connectivity index (χ4v) is 2.73. The number of hydrogen-bond donors (Lipinski definition) is 1. The van der Waals surface area contributed by atoms with Crippen LogP contribution < -0.4 is 5.32 Å². The minimum atomic E-state index is -0.0122.